The summed E-state index contributed by atoms with van der Waals surface area (Å²) in [4.78, 5) is 0. The van der Waals surface area contributed by atoms with Gasteiger partial charge in [0.25, 0.3) is 6.01 Å². The van der Waals surface area contributed by atoms with E-state index >= 15 is 0 Å². The van der Waals surface area contributed by atoms with Crippen molar-refractivity contribution in [2.45, 2.75) is 25.8 Å². The first-order chi connectivity index (χ1) is 7.72. The first-order valence-corrected chi connectivity index (χ1v) is 5.58. The number of likely N-dealkylation sites (N-methyl/N-ethyl adjacent to an activating group) is 1. The highest BCUT2D eigenvalue weighted by Crippen LogP contribution is 2.20. The summed E-state index contributed by atoms with van der Waals surface area (Å²) in [6.45, 7) is 2.15. The molecule has 3 heteroatoms. The van der Waals surface area contributed by atoms with Crippen molar-refractivity contribution < 1.29 is 8.81 Å². The van der Waals surface area contributed by atoms with Crippen LogP contribution in [0.15, 0.2) is 28.7 Å². The molecule has 2 rings (SSSR count). The van der Waals surface area contributed by atoms with E-state index in [0.717, 1.165) is 18.2 Å². The fourth-order valence-electron chi connectivity index (χ4n) is 1.91. The molecule has 0 fully saturated rings. The molecule has 0 spiro atoms. The van der Waals surface area contributed by atoms with Crippen LogP contribution in [0.1, 0.15) is 18.9 Å². The minimum Gasteiger partial charge on any atom is -0.431 e. The fourth-order valence-corrected chi connectivity index (χ4v) is 1.91. The molecule has 1 heterocycles. The lowest BCUT2D eigenvalue weighted by Gasteiger charge is -2.13. The van der Waals surface area contributed by atoms with Crippen molar-refractivity contribution in [2.24, 2.45) is 0 Å². The molecular formula is C13H16FNO. The Morgan fingerprint density at radius 1 is 1.38 bits per heavy atom. The van der Waals surface area contributed by atoms with Crippen molar-refractivity contribution >= 4 is 11.0 Å². The summed E-state index contributed by atoms with van der Waals surface area (Å²) >= 11 is 0. The summed E-state index contributed by atoms with van der Waals surface area (Å²) in [5.74, 6) is 0. The minimum absolute atomic E-state index is 0.456. The zero-order valence-electron chi connectivity index (χ0n) is 9.59. The Bertz CT molecular complexity index is 474. The number of hydrogen-bond donors (Lipinski definition) is 1. The van der Waals surface area contributed by atoms with Crippen LogP contribution >= 0.6 is 0 Å². The van der Waals surface area contributed by atoms with Gasteiger partial charge in [-0.3, -0.25) is 0 Å². The number of nitrogens with one attached hydrogen (secondary N) is 1. The quantitative estimate of drug-likeness (QED) is 0.858. The topological polar surface area (TPSA) is 25.2 Å². The molecule has 2 aromatic rings. The summed E-state index contributed by atoms with van der Waals surface area (Å²) in [6, 6.07) is 7.19. The summed E-state index contributed by atoms with van der Waals surface area (Å²) < 4.78 is 17.8. The van der Waals surface area contributed by atoms with Gasteiger partial charge in [-0.25, -0.2) is 0 Å². The third-order valence-electron chi connectivity index (χ3n) is 2.94. The van der Waals surface area contributed by atoms with Gasteiger partial charge in [-0.1, -0.05) is 19.1 Å². The predicted octanol–water partition coefficient (Wildman–Crippen LogP) is 3.11. The molecule has 1 aromatic heterocycles. The van der Waals surface area contributed by atoms with E-state index < -0.39 is 6.01 Å². The van der Waals surface area contributed by atoms with Crippen LogP contribution in [-0.2, 0) is 6.42 Å². The molecule has 0 radical (unpaired) electrons. The van der Waals surface area contributed by atoms with Gasteiger partial charge < -0.3 is 9.73 Å². The van der Waals surface area contributed by atoms with Gasteiger partial charge in [-0.05, 0) is 31.5 Å². The standard InChI is InChI=1S/C13H16FNO/c1-3-11(15-2)6-9-4-5-10-8-13(14)16-12(10)7-9/h4-5,7-8,11,15H,3,6H2,1-2H3/t11-/m0/s1. The van der Waals surface area contributed by atoms with Crippen LogP contribution in [0.2, 0.25) is 0 Å². The van der Waals surface area contributed by atoms with Gasteiger partial charge >= 0.3 is 0 Å². The number of rotatable bonds is 4. The van der Waals surface area contributed by atoms with Crippen LogP contribution in [0.25, 0.3) is 11.0 Å². The molecule has 2 nitrogen and oxygen atoms in total. The van der Waals surface area contributed by atoms with E-state index in [-0.39, 0.29) is 0 Å². The molecular weight excluding hydrogens is 205 g/mol. The molecule has 0 saturated heterocycles. The number of furan rings is 1. The highest BCUT2D eigenvalue weighted by molar-refractivity contribution is 5.77. The van der Waals surface area contributed by atoms with Crippen molar-refractivity contribution in [3.8, 4) is 0 Å². The zero-order chi connectivity index (χ0) is 11.5. The van der Waals surface area contributed by atoms with Crippen molar-refractivity contribution in [2.75, 3.05) is 7.05 Å². The summed E-state index contributed by atoms with van der Waals surface area (Å²) in [7, 11) is 1.96. The van der Waals surface area contributed by atoms with Crippen LogP contribution in [0.5, 0.6) is 0 Å². The molecule has 1 aromatic carbocycles. The highest BCUT2D eigenvalue weighted by Gasteiger charge is 2.07. The maximum atomic E-state index is 12.9. The first-order valence-electron chi connectivity index (χ1n) is 5.58. The second-order valence-electron chi connectivity index (χ2n) is 4.02. The zero-order valence-corrected chi connectivity index (χ0v) is 9.59. The Morgan fingerprint density at radius 3 is 2.88 bits per heavy atom. The Kier molecular flexibility index (Phi) is 3.25. The van der Waals surface area contributed by atoms with E-state index in [1.54, 1.807) is 0 Å². The number of benzene rings is 1. The molecule has 0 aliphatic rings. The van der Waals surface area contributed by atoms with E-state index in [4.69, 9.17) is 4.42 Å². The van der Waals surface area contributed by atoms with Gasteiger partial charge in [-0.2, -0.15) is 4.39 Å². The van der Waals surface area contributed by atoms with Gasteiger partial charge in [0.1, 0.15) is 5.58 Å². The van der Waals surface area contributed by atoms with Gasteiger partial charge in [-0.15, -0.1) is 0 Å². The van der Waals surface area contributed by atoms with Gasteiger partial charge in [0.15, 0.2) is 0 Å². The summed E-state index contributed by atoms with van der Waals surface area (Å²) in [5.41, 5.74) is 1.80. The van der Waals surface area contributed by atoms with Crippen LogP contribution in [0.4, 0.5) is 4.39 Å². The smallest absolute Gasteiger partial charge is 0.278 e. The van der Waals surface area contributed by atoms with Crippen molar-refractivity contribution in [3.05, 3.63) is 35.8 Å². The highest BCUT2D eigenvalue weighted by atomic mass is 19.1. The first kappa shape index (κ1) is 11.1. The number of hydrogen-bond acceptors (Lipinski definition) is 2. The van der Waals surface area contributed by atoms with Crippen LogP contribution in [0, 0.1) is 6.01 Å². The van der Waals surface area contributed by atoms with Crippen molar-refractivity contribution in [1.82, 2.24) is 5.32 Å². The molecule has 0 aliphatic carbocycles. The van der Waals surface area contributed by atoms with E-state index in [9.17, 15) is 4.39 Å². The van der Waals surface area contributed by atoms with Gasteiger partial charge in [0, 0.05) is 17.5 Å². The summed E-state index contributed by atoms with van der Waals surface area (Å²) in [6.07, 6.45) is 2.01. The average molecular weight is 221 g/mol. The minimum atomic E-state index is -0.521. The molecule has 16 heavy (non-hydrogen) atoms. The maximum absolute atomic E-state index is 12.9. The monoisotopic (exact) mass is 221 g/mol. The Morgan fingerprint density at radius 2 is 2.19 bits per heavy atom. The molecule has 0 amide bonds. The largest absolute Gasteiger partial charge is 0.431 e. The Labute approximate surface area is 94.4 Å². The molecule has 0 aliphatic heterocycles. The third kappa shape index (κ3) is 2.25. The maximum Gasteiger partial charge on any atom is 0.278 e. The molecule has 86 valence electrons. The molecule has 1 atom stereocenters. The molecule has 0 saturated carbocycles. The van der Waals surface area contributed by atoms with E-state index in [0.29, 0.717) is 11.6 Å². The van der Waals surface area contributed by atoms with E-state index in [1.807, 2.05) is 25.2 Å². The van der Waals surface area contributed by atoms with Crippen LogP contribution < -0.4 is 5.32 Å². The lowest BCUT2D eigenvalue weighted by Crippen LogP contribution is -2.26. The van der Waals surface area contributed by atoms with Crippen LogP contribution in [0.3, 0.4) is 0 Å². The second kappa shape index (κ2) is 4.66. The Hall–Kier alpha value is -1.35. The molecule has 1 N–H and O–H groups in total. The Balaban J connectivity index is 2.24. The SMILES string of the molecule is CC[C@@H](Cc1ccc2cc(F)oc2c1)NC. The lowest BCUT2D eigenvalue weighted by atomic mass is 10.0. The molecule has 0 bridgehead atoms. The fraction of sp³-hybridized carbons (Fsp3) is 0.385. The third-order valence-corrected chi connectivity index (χ3v) is 2.94. The van der Waals surface area contributed by atoms with Gasteiger partial charge in [0.05, 0.1) is 0 Å². The van der Waals surface area contributed by atoms with Crippen molar-refractivity contribution in [1.29, 1.82) is 0 Å². The normalized spacial score (nSPS) is 13.2. The number of halogens is 1. The van der Waals surface area contributed by atoms with E-state index in [2.05, 4.69) is 12.2 Å². The predicted molar refractivity (Wildman–Crippen MR) is 63.0 cm³/mol. The van der Waals surface area contributed by atoms with Gasteiger partial charge in [0.2, 0.25) is 0 Å². The van der Waals surface area contributed by atoms with Crippen molar-refractivity contribution in [3.63, 3.8) is 0 Å². The van der Waals surface area contributed by atoms with Crippen LogP contribution in [-0.4, -0.2) is 13.1 Å². The van der Waals surface area contributed by atoms with E-state index in [1.165, 1.54) is 11.6 Å². The average Bonchev–Trinajstić information content (AvgIpc) is 2.65. The lowest BCUT2D eigenvalue weighted by molar-refractivity contribution is 0.381. The summed E-state index contributed by atoms with van der Waals surface area (Å²) in [5, 5.41) is 4.07. The second-order valence-corrected chi connectivity index (χ2v) is 4.02. The molecule has 0 unspecified atom stereocenters. The number of fused-ring (bicyclic) bond motifs is 1.